The van der Waals surface area contributed by atoms with Crippen LogP contribution in [0, 0.1) is 11.3 Å². The molecule has 1 aliphatic heterocycles. The van der Waals surface area contributed by atoms with E-state index in [-0.39, 0.29) is 17.6 Å². The Morgan fingerprint density at radius 1 is 1.03 bits per heavy atom. The lowest BCUT2D eigenvalue weighted by atomic mass is 9.72. The van der Waals surface area contributed by atoms with E-state index in [0.717, 1.165) is 40.2 Å². The van der Waals surface area contributed by atoms with Crippen LogP contribution in [0.4, 0.5) is 5.69 Å². The molecule has 1 aliphatic carbocycles. The Kier molecular flexibility index (Phi) is 5.40. The van der Waals surface area contributed by atoms with Crippen LogP contribution in [0.1, 0.15) is 42.7 Å². The number of rotatable bonds is 3. The van der Waals surface area contributed by atoms with Crippen LogP contribution in [0.25, 0.3) is 0 Å². The van der Waals surface area contributed by atoms with Gasteiger partial charge in [-0.05, 0) is 54.7 Å². The van der Waals surface area contributed by atoms with Gasteiger partial charge < -0.3 is 10.2 Å². The maximum Gasteiger partial charge on any atom is 0.162 e. The lowest BCUT2D eigenvalue weighted by Gasteiger charge is -2.35. The molecule has 1 N–H and O–H groups in total. The normalized spacial score (nSPS) is 21.1. The predicted molar refractivity (Wildman–Crippen MR) is 120 cm³/mol. The molecule has 152 valence electrons. The molecule has 0 bridgehead atoms. The average molecular weight is 418 g/mol. The van der Waals surface area contributed by atoms with Gasteiger partial charge in [0.1, 0.15) is 0 Å². The molecule has 0 fully saturated rings. The summed E-state index contributed by atoms with van der Waals surface area (Å²) in [4.78, 5) is 15.4. The monoisotopic (exact) mass is 417 g/mol. The number of nitriles is 1. The number of nitrogens with one attached hydrogen (secondary N) is 1. The van der Waals surface area contributed by atoms with Crippen molar-refractivity contribution in [2.45, 2.75) is 31.6 Å². The van der Waals surface area contributed by atoms with E-state index in [4.69, 9.17) is 11.6 Å². The fourth-order valence-electron chi connectivity index (χ4n) is 4.46. The second kappa shape index (κ2) is 8.01. The molecule has 1 heterocycles. The molecule has 4 nitrogen and oxygen atoms in total. The number of halogens is 1. The number of hydrogen-bond acceptors (Lipinski definition) is 4. The first-order chi connectivity index (χ1) is 14.4. The number of anilines is 1. The van der Waals surface area contributed by atoms with Gasteiger partial charge in [-0.25, -0.2) is 0 Å². The van der Waals surface area contributed by atoms with Gasteiger partial charge in [-0.15, -0.1) is 0 Å². The number of benzene rings is 2. The summed E-state index contributed by atoms with van der Waals surface area (Å²) in [6.07, 6.45) is 1.18. The first-order valence-corrected chi connectivity index (χ1v) is 10.4. The molecule has 2 aromatic rings. The number of allylic oxidation sites excluding steroid dienone is 4. The summed E-state index contributed by atoms with van der Waals surface area (Å²) in [6.45, 7) is 1.92. The summed E-state index contributed by atoms with van der Waals surface area (Å²) in [5, 5.41) is 13.9. The van der Waals surface area contributed by atoms with Crippen LogP contribution in [-0.4, -0.2) is 19.9 Å². The van der Waals surface area contributed by atoms with Crippen LogP contribution >= 0.6 is 11.6 Å². The molecule has 0 spiro atoms. The van der Waals surface area contributed by atoms with Crippen molar-refractivity contribution in [1.82, 2.24) is 5.32 Å². The summed E-state index contributed by atoms with van der Waals surface area (Å²) in [6, 6.07) is 18.2. The van der Waals surface area contributed by atoms with Crippen LogP contribution in [0.15, 0.2) is 71.1 Å². The Morgan fingerprint density at radius 3 is 2.27 bits per heavy atom. The quantitative estimate of drug-likeness (QED) is 0.737. The van der Waals surface area contributed by atoms with E-state index in [2.05, 4.69) is 11.4 Å². The van der Waals surface area contributed by atoms with Gasteiger partial charge in [-0.2, -0.15) is 5.26 Å². The molecule has 0 amide bonds. The Labute approximate surface area is 182 Å². The van der Waals surface area contributed by atoms with Gasteiger partial charge in [-0.1, -0.05) is 35.9 Å². The summed E-state index contributed by atoms with van der Waals surface area (Å²) < 4.78 is 0. The molecule has 30 heavy (non-hydrogen) atoms. The molecule has 0 unspecified atom stereocenters. The van der Waals surface area contributed by atoms with Gasteiger partial charge in [0.05, 0.1) is 17.6 Å². The number of carbonyl (C=O) groups excluding carboxylic acids is 1. The molecule has 0 saturated heterocycles. The lowest BCUT2D eigenvalue weighted by Crippen LogP contribution is -2.33. The number of dihydropyridines is 1. The molecule has 5 heteroatoms. The number of Topliss-reactive ketones (excluding diaryl/α,β-unsaturated/α-hetero) is 1. The second-order valence-corrected chi connectivity index (χ2v) is 8.60. The van der Waals surface area contributed by atoms with Crippen molar-refractivity contribution in [2.75, 3.05) is 19.0 Å². The zero-order valence-electron chi connectivity index (χ0n) is 17.4. The van der Waals surface area contributed by atoms with E-state index in [1.165, 1.54) is 0 Å². The van der Waals surface area contributed by atoms with E-state index >= 15 is 0 Å². The zero-order valence-corrected chi connectivity index (χ0v) is 18.1. The maximum atomic E-state index is 13.3. The lowest BCUT2D eigenvalue weighted by molar-refractivity contribution is -0.116. The topological polar surface area (TPSA) is 56.1 Å². The Bertz CT molecular complexity index is 1090. The molecule has 0 radical (unpaired) electrons. The number of ketones is 1. The fourth-order valence-corrected chi connectivity index (χ4v) is 4.58. The third kappa shape index (κ3) is 3.62. The van der Waals surface area contributed by atoms with Crippen LogP contribution in [0.2, 0.25) is 5.02 Å². The largest absolute Gasteiger partial charge is 0.378 e. The third-order valence-corrected chi connectivity index (χ3v) is 6.28. The standard InChI is InChI=1S/C25H24ClN3O/c1-15-21(14-27)24(17-6-10-20(11-7-17)29(2)3)25-22(28-15)12-18(13-23(25)30)16-4-8-19(26)9-5-16/h4-11,18,24,28H,12-13H2,1-3H3/t18-,24-/m0/s1. The van der Waals surface area contributed by atoms with Crippen molar-refractivity contribution >= 4 is 23.1 Å². The van der Waals surface area contributed by atoms with Gasteiger partial charge in [0.25, 0.3) is 0 Å². The van der Waals surface area contributed by atoms with Crippen LogP contribution in [0.3, 0.4) is 0 Å². The minimum atomic E-state index is -0.318. The average Bonchev–Trinajstić information content (AvgIpc) is 2.73. The van der Waals surface area contributed by atoms with Crippen molar-refractivity contribution in [3.63, 3.8) is 0 Å². The molecule has 4 rings (SSSR count). The molecule has 2 aliphatic rings. The van der Waals surface area contributed by atoms with E-state index in [1.807, 2.05) is 74.4 Å². The van der Waals surface area contributed by atoms with Crippen LogP contribution in [0.5, 0.6) is 0 Å². The summed E-state index contributed by atoms with van der Waals surface area (Å²) in [5.41, 5.74) is 6.28. The highest BCUT2D eigenvalue weighted by atomic mass is 35.5. The molecule has 0 saturated carbocycles. The maximum absolute atomic E-state index is 13.3. The molecule has 2 aromatic carbocycles. The van der Waals surface area contributed by atoms with Crippen LogP contribution in [-0.2, 0) is 4.79 Å². The fraction of sp³-hybridized carbons (Fsp3) is 0.280. The van der Waals surface area contributed by atoms with E-state index in [0.29, 0.717) is 17.0 Å². The van der Waals surface area contributed by atoms with Crippen molar-refractivity contribution in [3.05, 3.63) is 87.2 Å². The minimum absolute atomic E-state index is 0.102. The van der Waals surface area contributed by atoms with Gasteiger partial charge in [0.2, 0.25) is 0 Å². The Hall–Kier alpha value is -3.03. The molecular formula is C25H24ClN3O. The van der Waals surface area contributed by atoms with E-state index in [9.17, 15) is 10.1 Å². The second-order valence-electron chi connectivity index (χ2n) is 8.17. The van der Waals surface area contributed by atoms with Crippen molar-refractivity contribution in [2.24, 2.45) is 0 Å². The highest BCUT2D eigenvalue weighted by Crippen LogP contribution is 2.45. The van der Waals surface area contributed by atoms with Gasteiger partial charge >= 0.3 is 0 Å². The SMILES string of the molecule is CC1=C(C#N)[C@H](c2ccc(N(C)C)cc2)C2=C(C[C@H](c3ccc(Cl)cc3)CC2=O)N1. The summed E-state index contributed by atoms with van der Waals surface area (Å²) in [7, 11) is 3.99. The number of carbonyl (C=O) groups is 1. The van der Waals surface area contributed by atoms with Crippen LogP contribution < -0.4 is 10.2 Å². The Balaban J connectivity index is 1.75. The molecule has 0 aromatic heterocycles. The highest BCUT2D eigenvalue weighted by Gasteiger charge is 2.38. The van der Waals surface area contributed by atoms with Gasteiger partial charge in [0.15, 0.2) is 5.78 Å². The zero-order chi connectivity index (χ0) is 21.4. The smallest absolute Gasteiger partial charge is 0.162 e. The summed E-state index contributed by atoms with van der Waals surface area (Å²) >= 11 is 6.03. The van der Waals surface area contributed by atoms with E-state index < -0.39 is 0 Å². The first-order valence-electron chi connectivity index (χ1n) is 10.1. The number of nitrogens with zero attached hydrogens (tertiary/aromatic N) is 2. The van der Waals surface area contributed by atoms with Crippen molar-refractivity contribution in [1.29, 1.82) is 5.26 Å². The summed E-state index contributed by atoms with van der Waals surface area (Å²) in [5.74, 6) is -0.110. The molecular weight excluding hydrogens is 394 g/mol. The predicted octanol–water partition coefficient (Wildman–Crippen LogP) is 5.29. The third-order valence-electron chi connectivity index (χ3n) is 6.03. The van der Waals surface area contributed by atoms with E-state index in [1.54, 1.807) is 0 Å². The van der Waals surface area contributed by atoms with Crippen molar-refractivity contribution in [3.8, 4) is 6.07 Å². The Morgan fingerprint density at radius 2 is 1.67 bits per heavy atom. The van der Waals surface area contributed by atoms with Gasteiger partial charge in [-0.3, -0.25) is 4.79 Å². The number of hydrogen-bond donors (Lipinski definition) is 1. The highest BCUT2D eigenvalue weighted by molar-refractivity contribution is 6.30. The minimum Gasteiger partial charge on any atom is -0.378 e. The first kappa shape index (κ1) is 20.3. The molecule has 2 atom stereocenters. The van der Waals surface area contributed by atoms with Crippen molar-refractivity contribution < 1.29 is 4.79 Å². The van der Waals surface area contributed by atoms with Gasteiger partial charge in [0, 0.05) is 48.2 Å².